The second-order valence-corrected chi connectivity index (χ2v) is 6.94. The highest BCUT2D eigenvalue weighted by Crippen LogP contribution is 2.36. The summed E-state index contributed by atoms with van der Waals surface area (Å²) >= 11 is 0. The van der Waals surface area contributed by atoms with Crippen LogP contribution in [-0.4, -0.2) is 15.0 Å². The monoisotopic (exact) mass is 304 g/mol. The SMILES string of the molecule is CC(CNS(=O)(=O)c1ccc(F)c(CN)c1F)C1CC1. The summed E-state index contributed by atoms with van der Waals surface area (Å²) in [5.74, 6) is -1.20. The van der Waals surface area contributed by atoms with E-state index in [1.54, 1.807) is 0 Å². The quantitative estimate of drug-likeness (QED) is 0.841. The van der Waals surface area contributed by atoms with Crippen molar-refractivity contribution in [2.45, 2.75) is 31.2 Å². The Morgan fingerprint density at radius 1 is 1.40 bits per heavy atom. The van der Waals surface area contributed by atoms with Gasteiger partial charge in [-0.2, -0.15) is 0 Å². The van der Waals surface area contributed by atoms with E-state index in [0.717, 1.165) is 25.0 Å². The normalized spacial score (nSPS) is 17.2. The van der Waals surface area contributed by atoms with Crippen molar-refractivity contribution in [2.24, 2.45) is 17.6 Å². The van der Waals surface area contributed by atoms with E-state index in [1.165, 1.54) is 0 Å². The number of nitrogens with one attached hydrogen (secondary N) is 1. The van der Waals surface area contributed by atoms with Crippen molar-refractivity contribution in [2.75, 3.05) is 6.54 Å². The van der Waals surface area contributed by atoms with Crippen LogP contribution in [0.3, 0.4) is 0 Å². The van der Waals surface area contributed by atoms with Gasteiger partial charge in [-0.05, 0) is 36.8 Å². The Morgan fingerprint density at radius 3 is 2.60 bits per heavy atom. The summed E-state index contributed by atoms with van der Waals surface area (Å²) in [6.45, 7) is 1.81. The minimum Gasteiger partial charge on any atom is -0.326 e. The van der Waals surface area contributed by atoms with Gasteiger partial charge in [-0.3, -0.25) is 0 Å². The molecular formula is C13H18F2N2O2S. The predicted octanol–water partition coefficient (Wildman–Crippen LogP) is 1.75. The number of hydrogen-bond donors (Lipinski definition) is 2. The summed E-state index contributed by atoms with van der Waals surface area (Å²) < 4.78 is 53.8. The first-order chi connectivity index (χ1) is 9.36. The molecule has 20 heavy (non-hydrogen) atoms. The maximum atomic E-state index is 14.0. The predicted molar refractivity (Wildman–Crippen MR) is 71.3 cm³/mol. The van der Waals surface area contributed by atoms with Crippen LogP contribution in [0.5, 0.6) is 0 Å². The maximum Gasteiger partial charge on any atom is 0.243 e. The topological polar surface area (TPSA) is 72.2 Å². The fourth-order valence-corrected chi connectivity index (χ4v) is 3.37. The Bertz CT molecular complexity index is 601. The van der Waals surface area contributed by atoms with E-state index in [4.69, 9.17) is 5.73 Å². The molecule has 0 heterocycles. The fourth-order valence-electron chi connectivity index (χ4n) is 2.12. The summed E-state index contributed by atoms with van der Waals surface area (Å²) in [4.78, 5) is -0.553. The zero-order valence-corrected chi connectivity index (χ0v) is 12.0. The molecule has 1 unspecified atom stereocenters. The standard InChI is InChI=1S/C13H18F2N2O2S/c1-8(9-2-3-9)7-17-20(18,19)12-5-4-11(14)10(6-16)13(12)15/h4-5,8-9,17H,2-3,6-7,16H2,1H3. The van der Waals surface area contributed by atoms with Gasteiger partial charge in [0.1, 0.15) is 10.7 Å². The van der Waals surface area contributed by atoms with Crippen LogP contribution in [0.15, 0.2) is 17.0 Å². The molecule has 0 bridgehead atoms. The number of nitrogens with two attached hydrogens (primary N) is 1. The van der Waals surface area contributed by atoms with E-state index in [0.29, 0.717) is 5.92 Å². The molecule has 0 aliphatic heterocycles. The van der Waals surface area contributed by atoms with Gasteiger partial charge in [-0.15, -0.1) is 0 Å². The van der Waals surface area contributed by atoms with Gasteiger partial charge < -0.3 is 5.73 Å². The van der Waals surface area contributed by atoms with Crippen LogP contribution in [-0.2, 0) is 16.6 Å². The summed E-state index contributed by atoms with van der Waals surface area (Å²) in [5, 5.41) is 0. The lowest BCUT2D eigenvalue weighted by Gasteiger charge is -2.13. The molecule has 3 N–H and O–H groups in total. The first kappa shape index (κ1) is 15.3. The largest absolute Gasteiger partial charge is 0.326 e. The fraction of sp³-hybridized carbons (Fsp3) is 0.538. The molecule has 2 rings (SSSR count). The Kier molecular flexibility index (Phi) is 4.41. The molecule has 0 radical (unpaired) electrons. The van der Waals surface area contributed by atoms with Crippen molar-refractivity contribution >= 4 is 10.0 Å². The molecule has 1 fully saturated rings. The van der Waals surface area contributed by atoms with Crippen molar-refractivity contribution in [3.05, 3.63) is 29.3 Å². The Balaban J connectivity index is 2.20. The molecule has 1 saturated carbocycles. The Hall–Kier alpha value is -1.05. The van der Waals surface area contributed by atoms with Crippen molar-refractivity contribution in [3.8, 4) is 0 Å². The van der Waals surface area contributed by atoms with Crippen LogP contribution in [0.2, 0.25) is 0 Å². The molecule has 7 heteroatoms. The van der Waals surface area contributed by atoms with Gasteiger partial charge in [0, 0.05) is 18.7 Å². The molecule has 1 aromatic carbocycles. The van der Waals surface area contributed by atoms with Gasteiger partial charge in [0.25, 0.3) is 0 Å². The van der Waals surface area contributed by atoms with E-state index < -0.39 is 32.1 Å². The highest BCUT2D eigenvalue weighted by molar-refractivity contribution is 7.89. The average Bonchev–Trinajstić information content (AvgIpc) is 3.20. The number of rotatable bonds is 6. The van der Waals surface area contributed by atoms with Crippen LogP contribution in [0.4, 0.5) is 8.78 Å². The van der Waals surface area contributed by atoms with Crippen LogP contribution >= 0.6 is 0 Å². The summed E-state index contributed by atoms with van der Waals surface area (Å²) in [6, 6.07) is 1.85. The summed E-state index contributed by atoms with van der Waals surface area (Å²) in [6.07, 6.45) is 2.20. The molecule has 4 nitrogen and oxygen atoms in total. The van der Waals surface area contributed by atoms with Crippen molar-refractivity contribution in [1.82, 2.24) is 4.72 Å². The second kappa shape index (κ2) is 5.75. The molecule has 112 valence electrons. The molecule has 0 aromatic heterocycles. The molecule has 1 aliphatic rings. The summed E-state index contributed by atoms with van der Waals surface area (Å²) in [7, 11) is -3.99. The lowest BCUT2D eigenvalue weighted by atomic mass is 10.1. The van der Waals surface area contributed by atoms with Crippen LogP contribution in [0.25, 0.3) is 0 Å². The lowest BCUT2D eigenvalue weighted by molar-refractivity contribution is 0.487. The van der Waals surface area contributed by atoms with E-state index >= 15 is 0 Å². The highest BCUT2D eigenvalue weighted by Gasteiger charge is 2.30. The zero-order valence-electron chi connectivity index (χ0n) is 11.2. The molecule has 1 aliphatic carbocycles. The Labute approximate surface area is 117 Å². The van der Waals surface area contributed by atoms with Crippen LogP contribution < -0.4 is 10.5 Å². The number of halogens is 2. The van der Waals surface area contributed by atoms with Crippen LogP contribution in [0, 0.1) is 23.5 Å². The number of benzene rings is 1. The van der Waals surface area contributed by atoms with Crippen molar-refractivity contribution in [1.29, 1.82) is 0 Å². The lowest BCUT2D eigenvalue weighted by Crippen LogP contribution is -2.30. The number of sulfonamides is 1. The smallest absolute Gasteiger partial charge is 0.243 e. The van der Waals surface area contributed by atoms with E-state index in [1.807, 2.05) is 6.92 Å². The van der Waals surface area contributed by atoms with Gasteiger partial charge in [-0.1, -0.05) is 6.92 Å². The van der Waals surface area contributed by atoms with Gasteiger partial charge >= 0.3 is 0 Å². The van der Waals surface area contributed by atoms with Gasteiger partial charge in [0.15, 0.2) is 5.82 Å². The van der Waals surface area contributed by atoms with Gasteiger partial charge in [-0.25, -0.2) is 21.9 Å². The molecule has 1 atom stereocenters. The first-order valence-electron chi connectivity index (χ1n) is 6.53. The minimum absolute atomic E-state index is 0.210. The first-order valence-corrected chi connectivity index (χ1v) is 8.01. The average molecular weight is 304 g/mol. The third kappa shape index (κ3) is 3.16. The van der Waals surface area contributed by atoms with E-state index in [9.17, 15) is 17.2 Å². The van der Waals surface area contributed by atoms with E-state index in [2.05, 4.69) is 4.72 Å². The molecular weight excluding hydrogens is 286 g/mol. The molecule has 0 spiro atoms. The molecule has 1 aromatic rings. The third-order valence-corrected chi connectivity index (χ3v) is 5.11. The van der Waals surface area contributed by atoms with Crippen molar-refractivity contribution < 1.29 is 17.2 Å². The number of hydrogen-bond acceptors (Lipinski definition) is 3. The minimum atomic E-state index is -3.99. The van der Waals surface area contributed by atoms with Crippen LogP contribution in [0.1, 0.15) is 25.3 Å². The third-order valence-electron chi connectivity index (χ3n) is 3.67. The van der Waals surface area contributed by atoms with Gasteiger partial charge in [0.2, 0.25) is 10.0 Å². The maximum absolute atomic E-state index is 14.0. The second-order valence-electron chi connectivity index (χ2n) is 5.21. The molecule has 0 saturated heterocycles. The highest BCUT2D eigenvalue weighted by atomic mass is 32.2. The van der Waals surface area contributed by atoms with E-state index in [-0.39, 0.29) is 19.0 Å². The summed E-state index contributed by atoms with van der Waals surface area (Å²) in [5.41, 5.74) is 4.82. The molecule has 0 amide bonds. The van der Waals surface area contributed by atoms with Gasteiger partial charge in [0.05, 0.1) is 0 Å². The van der Waals surface area contributed by atoms with Crippen molar-refractivity contribution in [3.63, 3.8) is 0 Å². The zero-order chi connectivity index (χ0) is 14.9. The Morgan fingerprint density at radius 2 is 2.05 bits per heavy atom.